The fraction of sp³-hybridized carbons (Fsp3) is 0.179. The number of alkyl halides is 3. The van der Waals surface area contributed by atoms with Crippen LogP contribution in [0.15, 0.2) is 78.0 Å². The normalized spacial score (nSPS) is 11.9. The third kappa shape index (κ3) is 5.69. The molecule has 3 aromatic carbocycles. The van der Waals surface area contributed by atoms with Gasteiger partial charge in [-0.1, -0.05) is 18.2 Å². The molecule has 0 saturated heterocycles. The van der Waals surface area contributed by atoms with Crippen molar-refractivity contribution in [2.45, 2.75) is 18.0 Å². The third-order valence-electron chi connectivity index (χ3n) is 6.17. The van der Waals surface area contributed by atoms with E-state index in [0.717, 1.165) is 22.2 Å². The van der Waals surface area contributed by atoms with Gasteiger partial charge in [0.25, 0.3) is 0 Å². The molecule has 0 amide bonds. The molecule has 4 N–H and O–H groups in total. The maximum atomic E-state index is 13.5. The van der Waals surface area contributed by atoms with Crippen LogP contribution in [0.2, 0.25) is 0 Å². The van der Waals surface area contributed by atoms with Crippen molar-refractivity contribution >= 4 is 23.1 Å². The zero-order chi connectivity index (χ0) is 28.3. The molecule has 0 saturated carbocycles. The number of aryl methyl sites for hydroxylation is 1. The van der Waals surface area contributed by atoms with Crippen molar-refractivity contribution < 1.29 is 22.6 Å². The number of hydrazine groups is 1. The molecule has 11 heteroatoms. The Bertz CT molecular complexity index is 1520. The second-order valence-electron chi connectivity index (χ2n) is 8.46. The molecular formula is C28H28F3N5O2S. The van der Waals surface area contributed by atoms with Crippen LogP contribution in [0.3, 0.4) is 0 Å². The molecule has 1 aromatic heterocycles. The minimum Gasteiger partial charge on any atom is -0.497 e. The number of thioether (sulfide) groups is 1. The van der Waals surface area contributed by atoms with E-state index in [0.29, 0.717) is 34.1 Å². The molecule has 4 aromatic rings. The van der Waals surface area contributed by atoms with E-state index in [2.05, 4.69) is 4.98 Å². The van der Waals surface area contributed by atoms with Crippen LogP contribution in [0, 0.1) is 6.92 Å². The Morgan fingerprint density at radius 2 is 1.77 bits per heavy atom. The molecule has 0 radical (unpaired) electrons. The van der Waals surface area contributed by atoms with Gasteiger partial charge in [0.15, 0.2) is 5.69 Å². The van der Waals surface area contributed by atoms with Gasteiger partial charge in [0.2, 0.25) is 0 Å². The lowest BCUT2D eigenvalue weighted by Crippen LogP contribution is -2.31. The summed E-state index contributed by atoms with van der Waals surface area (Å²) in [5.41, 5.74) is 8.49. The molecule has 0 bridgehead atoms. The van der Waals surface area contributed by atoms with Gasteiger partial charge in [0.05, 0.1) is 31.3 Å². The zero-order valence-electron chi connectivity index (χ0n) is 21.8. The van der Waals surface area contributed by atoms with Gasteiger partial charge in [-0.25, -0.2) is 10.8 Å². The summed E-state index contributed by atoms with van der Waals surface area (Å²) in [6.45, 7) is 1.50. The van der Waals surface area contributed by atoms with Crippen LogP contribution in [0.25, 0.3) is 22.5 Å². The van der Waals surface area contributed by atoms with Gasteiger partial charge >= 0.3 is 6.18 Å². The Morgan fingerprint density at radius 3 is 2.38 bits per heavy atom. The van der Waals surface area contributed by atoms with Crippen molar-refractivity contribution in [2.75, 3.05) is 25.5 Å². The molecular weight excluding hydrogens is 527 g/mol. The van der Waals surface area contributed by atoms with Gasteiger partial charge in [-0.2, -0.15) is 13.2 Å². The predicted molar refractivity (Wildman–Crippen MR) is 149 cm³/mol. The Balaban J connectivity index is 1.92. The number of rotatable bonds is 8. The van der Waals surface area contributed by atoms with Crippen molar-refractivity contribution in [1.82, 2.24) is 9.55 Å². The highest BCUT2D eigenvalue weighted by atomic mass is 32.2. The molecule has 204 valence electrons. The Morgan fingerprint density at radius 1 is 1.03 bits per heavy atom. The van der Waals surface area contributed by atoms with Crippen molar-refractivity contribution in [3.05, 3.63) is 90.1 Å². The van der Waals surface area contributed by atoms with E-state index in [1.165, 1.54) is 36.9 Å². The smallest absolute Gasteiger partial charge is 0.434 e. The lowest BCUT2D eigenvalue weighted by Gasteiger charge is -2.27. The van der Waals surface area contributed by atoms with Crippen molar-refractivity contribution in [1.29, 1.82) is 0 Å². The lowest BCUT2D eigenvalue weighted by molar-refractivity contribution is -0.141. The van der Waals surface area contributed by atoms with Gasteiger partial charge in [-0.3, -0.25) is 5.01 Å². The molecule has 39 heavy (non-hydrogen) atoms. The molecule has 7 nitrogen and oxygen atoms in total. The van der Waals surface area contributed by atoms with Crippen LogP contribution in [-0.4, -0.2) is 30.0 Å². The number of halogens is 3. The number of hydrogen-bond donors (Lipinski definition) is 2. The number of methoxy groups -OCH3 is 2. The van der Waals surface area contributed by atoms with Crippen LogP contribution in [0.1, 0.15) is 17.1 Å². The second-order valence-corrected chi connectivity index (χ2v) is 9.34. The number of anilines is 1. The largest absolute Gasteiger partial charge is 0.497 e. The average molecular weight is 556 g/mol. The lowest BCUT2D eigenvalue weighted by atomic mass is 10.0. The summed E-state index contributed by atoms with van der Waals surface area (Å²) in [4.78, 5) is 4.80. The molecule has 0 atom stereocenters. The van der Waals surface area contributed by atoms with Gasteiger partial charge in [-0.05, 0) is 60.7 Å². The molecule has 0 aliphatic rings. The summed E-state index contributed by atoms with van der Waals surface area (Å²) in [6.07, 6.45) is -0.349. The Labute approximate surface area is 228 Å². The van der Waals surface area contributed by atoms with Crippen molar-refractivity contribution in [2.24, 2.45) is 11.6 Å². The first-order chi connectivity index (χ1) is 18.6. The van der Waals surface area contributed by atoms with E-state index in [1.54, 1.807) is 42.1 Å². The highest BCUT2D eigenvalue weighted by Crippen LogP contribution is 2.38. The number of nitrogens with zero attached hydrogens (tertiary/aromatic N) is 3. The van der Waals surface area contributed by atoms with E-state index in [-0.39, 0.29) is 5.82 Å². The quantitative estimate of drug-likeness (QED) is 0.151. The predicted octanol–water partition coefficient (Wildman–Crippen LogP) is 6.24. The monoisotopic (exact) mass is 555 g/mol. The van der Waals surface area contributed by atoms with Crippen LogP contribution in [0.5, 0.6) is 11.5 Å². The number of imidazole rings is 1. The molecule has 0 aliphatic carbocycles. The topological polar surface area (TPSA) is 91.6 Å². The maximum absolute atomic E-state index is 13.5. The fourth-order valence-corrected chi connectivity index (χ4v) is 4.65. The minimum absolute atomic E-state index is 0.148. The summed E-state index contributed by atoms with van der Waals surface area (Å²) >= 11 is 1.60. The third-order valence-corrected chi connectivity index (χ3v) is 6.90. The van der Waals surface area contributed by atoms with E-state index in [9.17, 15) is 13.2 Å². The van der Waals surface area contributed by atoms with E-state index < -0.39 is 11.9 Å². The first kappa shape index (κ1) is 27.9. The Hall–Kier alpha value is -4.09. The SMILES string of the molecule is COc1ccc(/C(=C/N)N(N)c2cc(-c3cccc(SC)c3)ccc2-n2cc(C(F)(F)F)nc2C)c(OC)c1. The van der Waals surface area contributed by atoms with Crippen molar-refractivity contribution in [3.63, 3.8) is 0 Å². The molecule has 4 rings (SSSR count). The minimum atomic E-state index is -4.60. The van der Waals surface area contributed by atoms with E-state index in [1.807, 2.05) is 36.6 Å². The fourth-order valence-electron chi connectivity index (χ4n) is 4.20. The molecule has 0 aliphatic heterocycles. The standard InChI is InChI=1S/C28H28F3N5O2S/c1-17-34-27(28(29,30)31)16-35(17)23-11-8-19(18-6-5-7-21(12-18)39-4)13-24(23)36(33)25(15-32)22-10-9-20(37-2)14-26(22)38-3/h5-16H,32-33H2,1-4H3/b25-15-. The zero-order valence-corrected chi connectivity index (χ0v) is 22.6. The van der Waals surface area contributed by atoms with Crippen molar-refractivity contribution in [3.8, 4) is 28.3 Å². The molecule has 0 spiro atoms. The Kier molecular flexibility index (Phi) is 8.12. The van der Waals surface area contributed by atoms with Gasteiger partial charge in [0, 0.05) is 28.9 Å². The summed E-state index contributed by atoms with van der Waals surface area (Å²) in [5.74, 6) is 7.86. The van der Waals surface area contributed by atoms with Gasteiger partial charge in [-0.15, -0.1) is 11.8 Å². The van der Waals surface area contributed by atoms with Gasteiger partial charge < -0.3 is 19.8 Å². The second kappa shape index (κ2) is 11.3. The van der Waals surface area contributed by atoms with Gasteiger partial charge in [0.1, 0.15) is 17.3 Å². The molecule has 0 fully saturated rings. The maximum Gasteiger partial charge on any atom is 0.434 e. The van der Waals surface area contributed by atoms with E-state index in [4.69, 9.17) is 21.1 Å². The molecule has 1 heterocycles. The molecule has 0 unspecified atom stereocenters. The average Bonchev–Trinajstić information content (AvgIpc) is 3.35. The highest BCUT2D eigenvalue weighted by Gasteiger charge is 2.35. The van der Waals surface area contributed by atoms with Crippen LogP contribution >= 0.6 is 11.8 Å². The van der Waals surface area contributed by atoms with Crippen LogP contribution < -0.4 is 26.1 Å². The first-order valence-corrected chi connectivity index (χ1v) is 12.9. The summed E-state index contributed by atoms with van der Waals surface area (Å²) in [6, 6.07) is 18.4. The van der Waals surface area contributed by atoms with E-state index >= 15 is 0 Å². The number of aromatic nitrogens is 2. The number of benzene rings is 3. The summed E-state index contributed by atoms with van der Waals surface area (Å²) < 4.78 is 52.7. The summed E-state index contributed by atoms with van der Waals surface area (Å²) in [7, 11) is 3.04. The highest BCUT2D eigenvalue weighted by molar-refractivity contribution is 7.98. The first-order valence-electron chi connectivity index (χ1n) is 11.7. The summed E-state index contributed by atoms with van der Waals surface area (Å²) in [5, 5.41) is 1.33. The van der Waals surface area contributed by atoms with Crippen LogP contribution in [0.4, 0.5) is 18.9 Å². The van der Waals surface area contributed by atoms with Crippen LogP contribution in [-0.2, 0) is 6.18 Å². The number of ether oxygens (including phenoxy) is 2. The number of nitrogens with two attached hydrogens (primary N) is 2. The number of hydrogen-bond acceptors (Lipinski definition) is 7.